The third-order valence-electron chi connectivity index (χ3n) is 4.30. The van der Waals surface area contributed by atoms with Crippen LogP contribution in [0.15, 0.2) is 36.5 Å². The Balaban J connectivity index is 1.40. The van der Waals surface area contributed by atoms with E-state index < -0.39 is 0 Å². The molecule has 0 spiro atoms. The van der Waals surface area contributed by atoms with Crippen LogP contribution < -0.4 is 10.2 Å². The van der Waals surface area contributed by atoms with Gasteiger partial charge < -0.3 is 15.2 Å². The number of anilines is 2. The van der Waals surface area contributed by atoms with Gasteiger partial charge in [-0.2, -0.15) is 0 Å². The summed E-state index contributed by atoms with van der Waals surface area (Å²) in [6, 6.07) is 10.5. The number of aromatic amines is 1. The monoisotopic (exact) mass is 308 g/mol. The zero-order chi connectivity index (χ0) is 15.6. The van der Waals surface area contributed by atoms with Crippen molar-refractivity contribution in [3.63, 3.8) is 0 Å². The number of nitrogens with zero attached hydrogens (tertiary/aromatic N) is 4. The average Bonchev–Trinajstić information content (AvgIpc) is 2.99. The molecule has 0 aliphatic carbocycles. The lowest BCUT2D eigenvalue weighted by Gasteiger charge is -2.32. The predicted molar refractivity (Wildman–Crippen MR) is 91.7 cm³/mol. The molecule has 1 fully saturated rings. The molecule has 0 amide bonds. The van der Waals surface area contributed by atoms with Crippen LogP contribution in [0.5, 0.6) is 0 Å². The smallest absolute Gasteiger partial charge is 0.223 e. The topological polar surface area (TPSA) is 69.7 Å². The molecule has 1 aliphatic heterocycles. The maximum atomic E-state index is 4.68. The normalized spacial score (nSPS) is 16.0. The van der Waals surface area contributed by atoms with E-state index >= 15 is 0 Å². The molecule has 23 heavy (non-hydrogen) atoms. The summed E-state index contributed by atoms with van der Waals surface area (Å²) in [4.78, 5) is 19.1. The number of para-hydroxylation sites is 2. The number of hydrogen-bond acceptors (Lipinski definition) is 5. The Morgan fingerprint density at radius 1 is 1.13 bits per heavy atom. The highest BCUT2D eigenvalue weighted by Gasteiger charge is 2.21. The molecule has 3 heterocycles. The zero-order valence-electron chi connectivity index (χ0n) is 13.2. The van der Waals surface area contributed by atoms with Gasteiger partial charge in [-0.15, -0.1) is 0 Å². The highest BCUT2D eigenvalue weighted by molar-refractivity contribution is 5.77. The molecule has 0 saturated carbocycles. The van der Waals surface area contributed by atoms with Crippen molar-refractivity contribution >= 4 is 22.9 Å². The first-order valence-corrected chi connectivity index (χ1v) is 8.04. The molecule has 1 aromatic carbocycles. The second-order valence-electron chi connectivity index (χ2n) is 6.00. The molecular formula is C17H20N6. The van der Waals surface area contributed by atoms with E-state index in [1.807, 2.05) is 31.2 Å². The number of hydrogen-bond donors (Lipinski definition) is 2. The van der Waals surface area contributed by atoms with E-state index in [9.17, 15) is 0 Å². The zero-order valence-corrected chi connectivity index (χ0v) is 13.2. The van der Waals surface area contributed by atoms with Crippen LogP contribution in [0.1, 0.15) is 18.5 Å². The van der Waals surface area contributed by atoms with E-state index in [1.54, 1.807) is 6.20 Å². The molecule has 0 atom stereocenters. The first kappa shape index (κ1) is 14.0. The predicted octanol–water partition coefficient (Wildman–Crippen LogP) is 2.74. The molecule has 3 aromatic rings. The number of imidazole rings is 1. The van der Waals surface area contributed by atoms with Gasteiger partial charge in [-0.3, -0.25) is 0 Å². The third-order valence-corrected chi connectivity index (χ3v) is 4.30. The largest absolute Gasteiger partial charge is 0.351 e. The van der Waals surface area contributed by atoms with Gasteiger partial charge in [-0.1, -0.05) is 12.1 Å². The standard InChI is InChI=1S/C17H20N6/c1-12-6-9-18-16(19-12)20-13-7-10-23(11-8-13)17-21-14-4-2-3-5-15(14)22-17/h2-6,9,13H,7-8,10-11H2,1H3,(H,21,22)(H,18,19,20). The first-order valence-electron chi connectivity index (χ1n) is 8.04. The molecule has 1 aliphatic rings. The number of aromatic nitrogens is 4. The Morgan fingerprint density at radius 2 is 1.96 bits per heavy atom. The molecular weight excluding hydrogens is 288 g/mol. The number of aryl methyl sites for hydroxylation is 1. The lowest BCUT2D eigenvalue weighted by atomic mass is 10.1. The molecule has 4 rings (SSSR count). The SMILES string of the molecule is Cc1ccnc(NC2CCN(c3nc4ccccc4[nH]3)CC2)n1. The summed E-state index contributed by atoms with van der Waals surface area (Å²) in [6.07, 6.45) is 3.90. The molecule has 0 bridgehead atoms. The van der Waals surface area contributed by atoms with Crippen LogP contribution in [0.25, 0.3) is 11.0 Å². The van der Waals surface area contributed by atoms with Crippen LogP contribution in [0.2, 0.25) is 0 Å². The van der Waals surface area contributed by atoms with E-state index in [2.05, 4.69) is 36.2 Å². The lowest BCUT2D eigenvalue weighted by Crippen LogP contribution is -2.39. The average molecular weight is 308 g/mol. The molecule has 1 saturated heterocycles. The fraction of sp³-hybridized carbons (Fsp3) is 0.353. The van der Waals surface area contributed by atoms with Crippen LogP contribution in [0, 0.1) is 6.92 Å². The Morgan fingerprint density at radius 3 is 2.74 bits per heavy atom. The van der Waals surface area contributed by atoms with E-state index in [-0.39, 0.29) is 0 Å². The number of benzene rings is 1. The van der Waals surface area contributed by atoms with Crippen molar-refractivity contribution in [2.45, 2.75) is 25.8 Å². The lowest BCUT2D eigenvalue weighted by molar-refractivity contribution is 0.518. The molecule has 6 heteroatoms. The summed E-state index contributed by atoms with van der Waals surface area (Å²) in [5.74, 6) is 1.70. The maximum Gasteiger partial charge on any atom is 0.223 e. The summed E-state index contributed by atoms with van der Waals surface area (Å²) in [5.41, 5.74) is 3.11. The minimum absolute atomic E-state index is 0.414. The quantitative estimate of drug-likeness (QED) is 0.778. The van der Waals surface area contributed by atoms with Gasteiger partial charge in [0.05, 0.1) is 11.0 Å². The number of nitrogens with one attached hydrogen (secondary N) is 2. The van der Waals surface area contributed by atoms with Gasteiger partial charge in [0.15, 0.2) is 0 Å². The van der Waals surface area contributed by atoms with Crippen molar-refractivity contribution in [1.82, 2.24) is 19.9 Å². The van der Waals surface area contributed by atoms with Crippen LogP contribution in [0.4, 0.5) is 11.9 Å². The van der Waals surface area contributed by atoms with E-state index in [4.69, 9.17) is 0 Å². The van der Waals surface area contributed by atoms with Gasteiger partial charge in [-0.25, -0.2) is 15.0 Å². The number of H-pyrrole nitrogens is 1. The fourth-order valence-electron chi connectivity index (χ4n) is 3.03. The van der Waals surface area contributed by atoms with Gasteiger partial charge >= 0.3 is 0 Å². The number of rotatable bonds is 3. The second kappa shape index (κ2) is 5.87. The third kappa shape index (κ3) is 2.97. The Kier molecular flexibility index (Phi) is 3.57. The summed E-state index contributed by atoms with van der Waals surface area (Å²) in [5, 5.41) is 3.44. The molecule has 0 unspecified atom stereocenters. The van der Waals surface area contributed by atoms with E-state index in [0.29, 0.717) is 6.04 Å². The van der Waals surface area contributed by atoms with Gasteiger partial charge in [0.2, 0.25) is 11.9 Å². The van der Waals surface area contributed by atoms with E-state index in [0.717, 1.165) is 54.6 Å². The van der Waals surface area contributed by atoms with Crippen molar-refractivity contribution in [3.05, 3.63) is 42.2 Å². The van der Waals surface area contributed by atoms with Crippen molar-refractivity contribution in [2.24, 2.45) is 0 Å². The van der Waals surface area contributed by atoms with Crippen LogP contribution in [-0.2, 0) is 0 Å². The van der Waals surface area contributed by atoms with Gasteiger partial charge in [-0.05, 0) is 38.0 Å². The molecule has 2 N–H and O–H groups in total. The summed E-state index contributed by atoms with van der Waals surface area (Å²) >= 11 is 0. The van der Waals surface area contributed by atoms with Crippen LogP contribution >= 0.6 is 0 Å². The van der Waals surface area contributed by atoms with Crippen molar-refractivity contribution in [3.8, 4) is 0 Å². The number of fused-ring (bicyclic) bond motifs is 1. The summed E-state index contributed by atoms with van der Waals surface area (Å²) < 4.78 is 0. The fourth-order valence-corrected chi connectivity index (χ4v) is 3.03. The molecule has 2 aromatic heterocycles. The van der Waals surface area contributed by atoms with Crippen LogP contribution in [-0.4, -0.2) is 39.1 Å². The second-order valence-corrected chi connectivity index (χ2v) is 6.00. The van der Waals surface area contributed by atoms with Gasteiger partial charge in [0.1, 0.15) is 0 Å². The Hall–Kier alpha value is -2.63. The van der Waals surface area contributed by atoms with Gasteiger partial charge in [0, 0.05) is 31.0 Å². The highest BCUT2D eigenvalue weighted by atomic mass is 15.3. The molecule has 118 valence electrons. The Labute approximate surface area is 135 Å². The Bertz CT molecular complexity index is 770. The van der Waals surface area contributed by atoms with Crippen molar-refractivity contribution in [1.29, 1.82) is 0 Å². The highest BCUT2D eigenvalue weighted by Crippen LogP contribution is 2.21. The first-order chi connectivity index (χ1) is 11.3. The van der Waals surface area contributed by atoms with Gasteiger partial charge in [0.25, 0.3) is 0 Å². The van der Waals surface area contributed by atoms with Crippen LogP contribution in [0.3, 0.4) is 0 Å². The molecule has 6 nitrogen and oxygen atoms in total. The summed E-state index contributed by atoms with van der Waals surface area (Å²) in [6.45, 7) is 3.93. The minimum atomic E-state index is 0.414. The van der Waals surface area contributed by atoms with Crippen molar-refractivity contribution < 1.29 is 0 Å². The van der Waals surface area contributed by atoms with E-state index in [1.165, 1.54) is 0 Å². The molecule has 0 radical (unpaired) electrons. The summed E-state index contributed by atoms with van der Waals surface area (Å²) in [7, 11) is 0. The maximum absolute atomic E-state index is 4.68. The minimum Gasteiger partial charge on any atom is -0.351 e. The van der Waals surface area contributed by atoms with Crippen molar-refractivity contribution in [2.75, 3.05) is 23.3 Å². The number of piperidine rings is 1.